The minimum atomic E-state index is -0.523. The third-order valence-electron chi connectivity index (χ3n) is 4.27. The van der Waals surface area contributed by atoms with E-state index in [4.69, 9.17) is 9.47 Å². The third kappa shape index (κ3) is 5.74. The van der Waals surface area contributed by atoms with Crippen LogP contribution in [0.4, 0.5) is 10.5 Å². The number of esters is 1. The number of halogens is 1. The van der Waals surface area contributed by atoms with Crippen molar-refractivity contribution in [3.05, 3.63) is 73.1 Å². The number of thioether (sulfide) groups is 1. The van der Waals surface area contributed by atoms with Crippen molar-refractivity contribution in [3.63, 3.8) is 0 Å². The number of hydrogen-bond donors (Lipinski definition) is 0. The second kappa shape index (κ2) is 10.4. The van der Waals surface area contributed by atoms with E-state index in [1.165, 1.54) is 30.3 Å². The Morgan fingerprint density at radius 3 is 2.59 bits per heavy atom. The van der Waals surface area contributed by atoms with Gasteiger partial charge in [0, 0.05) is 22.2 Å². The minimum Gasteiger partial charge on any atom is -0.481 e. The highest BCUT2D eigenvalue weighted by atomic mass is 79.9. The summed E-state index contributed by atoms with van der Waals surface area (Å²) in [6, 6.07) is 10.7. The Bertz CT molecular complexity index is 1100. The highest BCUT2D eigenvalue weighted by Gasteiger charge is 2.35. The molecule has 0 N–H and O–H groups in total. The zero-order valence-electron chi connectivity index (χ0n) is 16.8. The third-order valence-corrected chi connectivity index (χ3v) is 5.67. The Kier molecular flexibility index (Phi) is 7.65. The van der Waals surface area contributed by atoms with Crippen molar-refractivity contribution in [2.45, 2.75) is 13.5 Å². The fourth-order valence-electron chi connectivity index (χ4n) is 2.79. The number of nitro groups is 1. The van der Waals surface area contributed by atoms with Gasteiger partial charge >= 0.3 is 5.97 Å². The maximum absolute atomic E-state index is 12.8. The molecule has 0 aliphatic carbocycles. The molecule has 0 saturated carbocycles. The first-order valence-electron chi connectivity index (χ1n) is 9.35. The number of imide groups is 1. The number of ether oxygens (including phenoxy) is 2. The van der Waals surface area contributed by atoms with E-state index in [0.29, 0.717) is 16.9 Å². The molecule has 1 fully saturated rings. The van der Waals surface area contributed by atoms with Gasteiger partial charge in [0.2, 0.25) is 0 Å². The molecule has 0 bridgehead atoms. The molecule has 0 unspecified atom stereocenters. The van der Waals surface area contributed by atoms with Crippen molar-refractivity contribution in [3.8, 4) is 5.75 Å². The normalized spacial score (nSPS) is 14.7. The molecule has 11 heteroatoms. The van der Waals surface area contributed by atoms with Crippen LogP contribution < -0.4 is 4.74 Å². The summed E-state index contributed by atoms with van der Waals surface area (Å²) in [6.07, 6.45) is 1.52. The molecule has 9 nitrogen and oxygen atoms in total. The Labute approximate surface area is 195 Å². The zero-order valence-corrected chi connectivity index (χ0v) is 19.2. The molecule has 0 radical (unpaired) electrons. The maximum Gasteiger partial charge on any atom is 0.344 e. The number of carbonyl (C=O) groups excluding carboxylic acids is 3. The van der Waals surface area contributed by atoms with E-state index >= 15 is 0 Å². The average Bonchev–Trinajstić information content (AvgIpc) is 3.01. The monoisotopic (exact) mass is 520 g/mol. The van der Waals surface area contributed by atoms with E-state index in [9.17, 15) is 24.5 Å². The lowest BCUT2D eigenvalue weighted by atomic mass is 10.1. The summed E-state index contributed by atoms with van der Waals surface area (Å²) in [7, 11) is 0. The van der Waals surface area contributed by atoms with Gasteiger partial charge in [-0.3, -0.25) is 24.6 Å². The van der Waals surface area contributed by atoms with Gasteiger partial charge in [-0.15, -0.1) is 0 Å². The molecule has 2 aromatic carbocycles. The van der Waals surface area contributed by atoms with Crippen LogP contribution in [0.25, 0.3) is 6.08 Å². The predicted molar refractivity (Wildman–Crippen MR) is 121 cm³/mol. The van der Waals surface area contributed by atoms with Gasteiger partial charge in [0.15, 0.2) is 6.61 Å². The lowest BCUT2D eigenvalue weighted by Crippen LogP contribution is -2.27. The van der Waals surface area contributed by atoms with E-state index in [-0.39, 0.29) is 30.4 Å². The summed E-state index contributed by atoms with van der Waals surface area (Å²) in [5.74, 6) is -0.664. The van der Waals surface area contributed by atoms with Gasteiger partial charge < -0.3 is 9.47 Å². The number of amides is 2. The van der Waals surface area contributed by atoms with Crippen molar-refractivity contribution in [2.75, 3.05) is 13.2 Å². The highest BCUT2D eigenvalue weighted by Crippen LogP contribution is 2.35. The molecular formula is C21H17BrN2O7S. The van der Waals surface area contributed by atoms with Gasteiger partial charge in [0.05, 0.1) is 23.0 Å². The van der Waals surface area contributed by atoms with E-state index in [1.807, 2.05) is 0 Å². The van der Waals surface area contributed by atoms with Crippen LogP contribution in [0, 0.1) is 10.1 Å². The first-order valence-corrected chi connectivity index (χ1v) is 11.0. The summed E-state index contributed by atoms with van der Waals surface area (Å²) in [4.78, 5) is 48.4. The zero-order chi connectivity index (χ0) is 23.3. The highest BCUT2D eigenvalue weighted by molar-refractivity contribution is 9.10. The summed E-state index contributed by atoms with van der Waals surface area (Å²) in [6.45, 7) is 1.62. The Hall–Kier alpha value is -3.18. The van der Waals surface area contributed by atoms with Crippen molar-refractivity contribution >= 4 is 56.6 Å². The maximum atomic E-state index is 12.8. The van der Waals surface area contributed by atoms with E-state index in [0.717, 1.165) is 21.1 Å². The van der Waals surface area contributed by atoms with E-state index in [1.54, 1.807) is 25.1 Å². The standard InChI is InChI=1S/C21H17BrN2O7S/c1-2-30-19(25)12-31-17-8-5-15(22)9-14(17)10-18-20(26)23(21(27)32-18)11-13-3-6-16(7-4-13)24(28)29/h3-10H,2,11-12H2,1H3/b18-10+. The van der Waals surface area contributed by atoms with Crippen LogP contribution in [-0.2, 0) is 20.9 Å². The number of hydrogen-bond acceptors (Lipinski definition) is 8. The summed E-state index contributed by atoms with van der Waals surface area (Å²) in [5.41, 5.74) is 1.01. The Balaban J connectivity index is 1.78. The Morgan fingerprint density at radius 1 is 1.22 bits per heavy atom. The molecule has 2 amide bonds. The van der Waals surface area contributed by atoms with Gasteiger partial charge in [-0.25, -0.2) is 4.79 Å². The van der Waals surface area contributed by atoms with Crippen molar-refractivity contribution in [1.82, 2.24) is 4.90 Å². The number of carbonyl (C=O) groups is 3. The van der Waals surface area contributed by atoms with Gasteiger partial charge in [0.1, 0.15) is 5.75 Å². The van der Waals surface area contributed by atoms with Gasteiger partial charge in [0.25, 0.3) is 16.8 Å². The smallest absolute Gasteiger partial charge is 0.344 e. The molecule has 1 aliphatic heterocycles. The van der Waals surface area contributed by atoms with Gasteiger partial charge in [-0.05, 0) is 48.5 Å². The van der Waals surface area contributed by atoms with Crippen LogP contribution in [0.15, 0.2) is 51.8 Å². The molecule has 1 heterocycles. The van der Waals surface area contributed by atoms with Crippen LogP contribution in [0.3, 0.4) is 0 Å². The summed E-state index contributed by atoms with van der Waals surface area (Å²) < 4.78 is 11.1. The number of benzene rings is 2. The average molecular weight is 521 g/mol. The predicted octanol–water partition coefficient (Wildman–Crippen LogP) is 4.54. The number of non-ortho nitro benzene ring substituents is 1. The SMILES string of the molecule is CCOC(=O)COc1ccc(Br)cc1/C=C1/SC(=O)N(Cc2ccc([N+](=O)[O-])cc2)C1=O. The van der Waals surface area contributed by atoms with Gasteiger partial charge in [-0.2, -0.15) is 0 Å². The van der Waals surface area contributed by atoms with E-state index < -0.39 is 22.0 Å². The molecule has 1 aliphatic rings. The molecule has 0 spiro atoms. The molecule has 0 atom stereocenters. The first-order chi connectivity index (χ1) is 15.3. The molecular weight excluding hydrogens is 504 g/mol. The van der Waals surface area contributed by atoms with Crippen molar-refractivity contribution in [1.29, 1.82) is 0 Å². The fourth-order valence-corrected chi connectivity index (χ4v) is 3.99. The minimum absolute atomic E-state index is 0.00923. The Morgan fingerprint density at radius 2 is 1.94 bits per heavy atom. The lowest BCUT2D eigenvalue weighted by molar-refractivity contribution is -0.384. The fraction of sp³-hybridized carbons (Fsp3) is 0.190. The number of rotatable bonds is 8. The summed E-state index contributed by atoms with van der Waals surface area (Å²) >= 11 is 4.14. The van der Waals surface area contributed by atoms with Crippen molar-refractivity contribution in [2.24, 2.45) is 0 Å². The lowest BCUT2D eigenvalue weighted by Gasteiger charge is -2.12. The van der Waals surface area contributed by atoms with Crippen molar-refractivity contribution < 1.29 is 28.8 Å². The van der Waals surface area contributed by atoms with E-state index in [2.05, 4.69) is 15.9 Å². The van der Waals surface area contributed by atoms with Crippen LogP contribution >= 0.6 is 27.7 Å². The second-order valence-electron chi connectivity index (χ2n) is 6.47. The van der Waals surface area contributed by atoms with Crippen LogP contribution in [0.2, 0.25) is 0 Å². The van der Waals surface area contributed by atoms with Gasteiger partial charge in [-0.1, -0.05) is 28.1 Å². The van der Waals surface area contributed by atoms with Crippen LogP contribution in [0.5, 0.6) is 5.75 Å². The molecule has 32 heavy (non-hydrogen) atoms. The van der Waals surface area contributed by atoms with Crippen LogP contribution in [-0.4, -0.2) is 40.2 Å². The first kappa shape index (κ1) is 23.5. The number of nitro benzene ring substituents is 1. The quantitative estimate of drug-likeness (QED) is 0.215. The topological polar surface area (TPSA) is 116 Å². The molecule has 166 valence electrons. The second-order valence-corrected chi connectivity index (χ2v) is 8.38. The molecule has 0 aromatic heterocycles. The molecule has 3 rings (SSSR count). The summed E-state index contributed by atoms with van der Waals surface area (Å²) in [5, 5.41) is 10.3. The molecule has 2 aromatic rings. The molecule has 1 saturated heterocycles. The number of nitrogens with zero attached hydrogens (tertiary/aromatic N) is 2. The largest absolute Gasteiger partial charge is 0.481 e. The van der Waals surface area contributed by atoms with Crippen LogP contribution in [0.1, 0.15) is 18.1 Å².